The van der Waals surface area contributed by atoms with Crippen LogP contribution in [-0.2, 0) is 33.3 Å². The van der Waals surface area contributed by atoms with Crippen LogP contribution in [0, 0.1) is 0 Å². The van der Waals surface area contributed by atoms with E-state index in [1.807, 2.05) is 0 Å². The van der Waals surface area contributed by atoms with Crippen molar-refractivity contribution < 1.29 is 33.3 Å². The largest absolute Gasteiger partial charge is 0.458 e. The van der Waals surface area contributed by atoms with Gasteiger partial charge in [0.25, 0.3) is 0 Å². The average Bonchev–Trinajstić information content (AvgIpc) is 2.56. The summed E-state index contributed by atoms with van der Waals surface area (Å²) in [7, 11) is 0. The SMILES string of the molecule is CC(C)(C)OC(=O)C(N)(CCOCCOCCOCCCN)C(=O)OC(C)(C)C. The minimum absolute atomic E-state index is 0.0704. The summed E-state index contributed by atoms with van der Waals surface area (Å²) < 4.78 is 26.8. The maximum Gasteiger partial charge on any atom is 0.338 e. The van der Waals surface area contributed by atoms with E-state index < -0.39 is 28.7 Å². The molecule has 9 nitrogen and oxygen atoms in total. The predicted molar refractivity (Wildman–Crippen MR) is 109 cm³/mol. The van der Waals surface area contributed by atoms with Gasteiger partial charge in [-0.1, -0.05) is 0 Å². The second-order valence-corrected chi connectivity index (χ2v) is 8.70. The number of carbonyl (C=O) groups is 2. The van der Waals surface area contributed by atoms with E-state index in [0.29, 0.717) is 39.6 Å². The quantitative estimate of drug-likeness (QED) is 0.241. The number of carbonyl (C=O) groups excluding carboxylic acids is 2. The van der Waals surface area contributed by atoms with Gasteiger partial charge in [0.1, 0.15) is 11.2 Å². The van der Waals surface area contributed by atoms with E-state index in [0.717, 1.165) is 6.42 Å². The Hall–Kier alpha value is -1.26. The van der Waals surface area contributed by atoms with E-state index in [9.17, 15) is 9.59 Å². The highest BCUT2D eigenvalue weighted by Crippen LogP contribution is 2.20. The van der Waals surface area contributed by atoms with E-state index in [1.54, 1.807) is 41.5 Å². The molecular formula is C20H40N2O7. The molecule has 0 saturated carbocycles. The van der Waals surface area contributed by atoms with Gasteiger partial charge in [-0.05, 0) is 54.5 Å². The van der Waals surface area contributed by atoms with Crippen LogP contribution >= 0.6 is 0 Å². The zero-order chi connectivity index (χ0) is 22.6. The van der Waals surface area contributed by atoms with Gasteiger partial charge in [-0.15, -0.1) is 0 Å². The predicted octanol–water partition coefficient (Wildman–Crippen LogP) is 1.16. The molecule has 172 valence electrons. The van der Waals surface area contributed by atoms with Crippen molar-refractivity contribution in [1.29, 1.82) is 0 Å². The lowest BCUT2D eigenvalue weighted by molar-refractivity contribution is -0.178. The fraction of sp³-hybridized carbons (Fsp3) is 0.900. The lowest BCUT2D eigenvalue weighted by Gasteiger charge is -2.32. The molecule has 0 fully saturated rings. The van der Waals surface area contributed by atoms with Gasteiger partial charge >= 0.3 is 11.9 Å². The molecule has 0 aliphatic rings. The Balaban J connectivity index is 4.45. The average molecular weight is 421 g/mol. The van der Waals surface area contributed by atoms with Gasteiger partial charge < -0.3 is 35.2 Å². The molecule has 0 heterocycles. The summed E-state index contributed by atoms with van der Waals surface area (Å²) in [5.41, 5.74) is 7.98. The Labute approximate surface area is 174 Å². The van der Waals surface area contributed by atoms with E-state index >= 15 is 0 Å². The molecule has 4 N–H and O–H groups in total. The molecule has 0 aromatic rings. The third-order valence-electron chi connectivity index (χ3n) is 3.40. The van der Waals surface area contributed by atoms with Gasteiger partial charge in [-0.2, -0.15) is 0 Å². The van der Waals surface area contributed by atoms with Crippen LogP contribution in [0.5, 0.6) is 0 Å². The van der Waals surface area contributed by atoms with Crippen LogP contribution in [0.3, 0.4) is 0 Å². The molecule has 9 heteroatoms. The molecule has 0 spiro atoms. The minimum atomic E-state index is -1.95. The van der Waals surface area contributed by atoms with Crippen LogP contribution in [0.1, 0.15) is 54.4 Å². The van der Waals surface area contributed by atoms with E-state index in [2.05, 4.69) is 0 Å². The Morgan fingerprint density at radius 2 is 1.07 bits per heavy atom. The fourth-order valence-corrected chi connectivity index (χ4v) is 1.99. The van der Waals surface area contributed by atoms with E-state index in [-0.39, 0.29) is 13.0 Å². The highest BCUT2D eigenvalue weighted by molar-refractivity contribution is 6.04. The summed E-state index contributed by atoms with van der Waals surface area (Å²) >= 11 is 0. The van der Waals surface area contributed by atoms with Crippen LogP contribution in [-0.4, -0.2) is 74.9 Å². The van der Waals surface area contributed by atoms with Gasteiger partial charge in [0.2, 0.25) is 5.54 Å². The van der Waals surface area contributed by atoms with Gasteiger partial charge in [0.05, 0.1) is 26.4 Å². The van der Waals surface area contributed by atoms with Crippen molar-refractivity contribution in [2.24, 2.45) is 11.5 Å². The fourth-order valence-electron chi connectivity index (χ4n) is 1.99. The zero-order valence-corrected chi connectivity index (χ0v) is 18.9. The number of esters is 2. The summed E-state index contributed by atoms with van der Waals surface area (Å²) in [6.45, 7) is 13.1. The number of hydrogen-bond acceptors (Lipinski definition) is 9. The van der Waals surface area contributed by atoms with Crippen LogP contribution in [0.4, 0.5) is 0 Å². The van der Waals surface area contributed by atoms with Crippen molar-refractivity contribution in [2.75, 3.05) is 46.2 Å². The maximum atomic E-state index is 12.6. The van der Waals surface area contributed by atoms with Crippen molar-refractivity contribution in [3.05, 3.63) is 0 Å². The molecule has 0 radical (unpaired) electrons. The maximum absolute atomic E-state index is 12.6. The number of rotatable bonds is 14. The lowest BCUT2D eigenvalue weighted by Crippen LogP contribution is -2.59. The standard InChI is InChI=1S/C20H40N2O7/c1-18(2,3)28-16(23)20(22,17(24)29-19(4,5)6)8-11-26-13-15-27-14-12-25-10-7-9-21/h7-15,21-22H2,1-6H3. The molecule has 0 saturated heterocycles. The number of ether oxygens (including phenoxy) is 5. The lowest BCUT2D eigenvalue weighted by atomic mass is 9.96. The third kappa shape index (κ3) is 13.6. The first-order valence-corrected chi connectivity index (χ1v) is 10.0. The molecule has 0 aliphatic carbocycles. The van der Waals surface area contributed by atoms with Crippen LogP contribution < -0.4 is 11.5 Å². The van der Waals surface area contributed by atoms with E-state index in [4.69, 9.17) is 35.2 Å². The van der Waals surface area contributed by atoms with Crippen molar-refractivity contribution in [1.82, 2.24) is 0 Å². The highest BCUT2D eigenvalue weighted by Gasteiger charge is 2.47. The molecule has 29 heavy (non-hydrogen) atoms. The molecule has 0 aliphatic heterocycles. The van der Waals surface area contributed by atoms with Crippen LogP contribution in [0.2, 0.25) is 0 Å². The molecule has 0 rings (SSSR count). The van der Waals surface area contributed by atoms with Gasteiger partial charge in [-0.3, -0.25) is 0 Å². The topological polar surface area (TPSA) is 132 Å². The second kappa shape index (κ2) is 13.1. The molecule has 0 aromatic heterocycles. The van der Waals surface area contributed by atoms with Crippen molar-refractivity contribution in [2.45, 2.75) is 71.1 Å². The Bertz CT molecular complexity index is 456. The third-order valence-corrected chi connectivity index (χ3v) is 3.40. The summed E-state index contributed by atoms with van der Waals surface area (Å²) in [5, 5.41) is 0. The van der Waals surface area contributed by atoms with Crippen LogP contribution in [0.25, 0.3) is 0 Å². The molecule has 0 bridgehead atoms. The summed E-state index contributed by atoms with van der Waals surface area (Å²) in [6.07, 6.45) is 0.748. The monoisotopic (exact) mass is 420 g/mol. The molecule has 0 amide bonds. The van der Waals surface area contributed by atoms with E-state index in [1.165, 1.54) is 0 Å². The molecule has 0 aromatic carbocycles. The first kappa shape index (κ1) is 27.7. The highest BCUT2D eigenvalue weighted by atomic mass is 16.6. The Kier molecular flexibility index (Phi) is 12.6. The van der Waals surface area contributed by atoms with Gasteiger partial charge in [-0.25, -0.2) is 9.59 Å². The van der Waals surface area contributed by atoms with Gasteiger partial charge in [0, 0.05) is 19.6 Å². The summed E-state index contributed by atoms with van der Waals surface area (Å²) in [6, 6.07) is 0. The second-order valence-electron chi connectivity index (χ2n) is 8.70. The van der Waals surface area contributed by atoms with Crippen molar-refractivity contribution in [3.8, 4) is 0 Å². The van der Waals surface area contributed by atoms with Crippen molar-refractivity contribution in [3.63, 3.8) is 0 Å². The minimum Gasteiger partial charge on any atom is -0.458 e. The normalized spacial score (nSPS) is 12.7. The Morgan fingerprint density at radius 1 is 0.690 bits per heavy atom. The molecule has 0 unspecified atom stereocenters. The zero-order valence-electron chi connectivity index (χ0n) is 18.9. The molecule has 0 atom stereocenters. The summed E-state index contributed by atoms with van der Waals surface area (Å²) in [5.74, 6) is -1.68. The smallest absolute Gasteiger partial charge is 0.338 e. The number of nitrogens with two attached hydrogens (primary N) is 2. The van der Waals surface area contributed by atoms with Gasteiger partial charge in [0.15, 0.2) is 0 Å². The number of hydrogen-bond donors (Lipinski definition) is 2. The molecular weight excluding hydrogens is 380 g/mol. The van der Waals surface area contributed by atoms with Crippen molar-refractivity contribution >= 4 is 11.9 Å². The first-order chi connectivity index (χ1) is 13.3. The first-order valence-electron chi connectivity index (χ1n) is 10.0. The summed E-state index contributed by atoms with van der Waals surface area (Å²) in [4.78, 5) is 25.1. The Morgan fingerprint density at radius 3 is 1.45 bits per heavy atom. The van der Waals surface area contributed by atoms with Crippen LogP contribution in [0.15, 0.2) is 0 Å².